The first-order valence-corrected chi connectivity index (χ1v) is 5.99. The van der Waals surface area contributed by atoms with Gasteiger partial charge in [-0.15, -0.1) is 0 Å². The van der Waals surface area contributed by atoms with Gasteiger partial charge < -0.3 is 11.1 Å². The van der Waals surface area contributed by atoms with E-state index in [9.17, 15) is 0 Å². The molecule has 0 spiro atoms. The number of nitrogens with one attached hydrogen (secondary N) is 1. The van der Waals surface area contributed by atoms with Gasteiger partial charge in [0.15, 0.2) is 0 Å². The predicted molar refractivity (Wildman–Crippen MR) is 67.4 cm³/mol. The second kappa shape index (κ2) is 5.16. The largest absolute Gasteiger partial charge is 0.384 e. The normalized spacial score (nSPS) is 21.2. The quantitative estimate of drug-likeness (QED) is 0.808. The van der Waals surface area contributed by atoms with E-state index in [0.29, 0.717) is 11.9 Å². The van der Waals surface area contributed by atoms with Crippen molar-refractivity contribution < 1.29 is 0 Å². The van der Waals surface area contributed by atoms with Crippen molar-refractivity contribution in [2.24, 2.45) is 0 Å². The number of hydrogen-bond acceptors (Lipinski definition) is 4. The molecule has 1 atom stereocenters. The minimum absolute atomic E-state index is 0.573. The highest BCUT2D eigenvalue weighted by Gasteiger charge is 2.22. The maximum absolute atomic E-state index is 5.63. The summed E-state index contributed by atoms with van der Waals surface area (Å²) in [5, 5.41) is 3.43. The van der Waals surface area contributed by atoms with Gasteiger partial charge in [-0.3, -0.25) is 4.90 Å². The van der Waals surface area contributed by atoms with Crippen LogP contribution >= 0.6 is 0 Å². The summed E-state index contributed by atoms with van der Waals surface area (Å²) < 4.78 is 0. The lowest BCUT2D eigenvalue weighted by molar-refractivity contribution is 0.277. The molecular formula is C12H20N4. The lowest BCUT2D eigenvalue weighted by Crippen LogP contribution is -2.34. The molecule has 1 aliphatic heterocycles. The number of nitrogens with two attached hydrogens (primary N) is 1. The summed E-state index contributed by atoms with van der Waals surface area (Å²) in [4.78, 5) is 6.50. The highest BCUT2D eigenvalue weighted by Crippen LogP contribution is 2.17. The lowest BCUT2D eigenvalue weighted by Gasteiger charge is -2.23. The molecule has 2 heterocycles. The molecule has 0 radical (unpaired) electrons. The van der Waals surface area contributed by atoms with Gasteiger partial charge in [-0.2, -0.15) is 0 Å². The Hall–Kier alpha value is -1.29. The lowest BCUT2D eigenvalue weighted by atomic mass is 10.2. The van der Waals surface area contributed by atoms with Crippen molar-refractivity contribution in [3.63, 3.8) is 0 Å². The first kappa shape index (κ1) is 11.2. The van der Waals surface area contributed by atoms with Crippen LogP contribution in [0.2, 0.25) is 0 Å². The number of rotatable bonds is 4. The molecule has 0 bridgehead atoms. The van der Waals surface area contributed by atoms with Gasteiger partial charge in [0, 0.05) is 30.5 Å². The molecule has 0 aliphatic carbocycles. The Labute approximate surface area is 96.8 Å². The Balaban J connectivity index is 1.87. The fourth-order valence-corrected chi connectivity index (χ4v) is 2.34. The number of pyridine rings is 1. The summed E-state index contributed by atoms with van der Waals surface area (Å²) in [5.74, 6) is 0.573. The molecule has 1 aliphatic rings. The SMILES string of the molecule is CCN1CCCC1CNc1ccnc(N)c1. The van der Waals surface area contributed by atoms with E-state index in [1.807, 2.05) is 12.1 Å². The average Bonchev–Trinajstić information content (AvgIpc) is 2.74. The summed E-state index contributed by atoms with van der Waals surface area (Å²) in [7, 11) is 0. The average molecular weight is 220 g/mol. The molecule has 2 rings (SSSR count). The maximum Gasteiger partial charge on any atom is 0.125 e. The first-order valence-electron chi connectivity index (χ1n) is 5.99. The van der Waals surface area contributed by atoms with E-state index in [-0.39, 0.29) is 0 Å². The van der Waals surface area contributed by atoms with Crippen LogP contribution in [0.3, 0.4) is 0 Å². The number of hydrogen-bond donors (Lipinski definition) is 2. The van der Waals surface area contributed by atoms with Gasteiger partial charge in [0.1, 0.15) is 5.82 Å². The molecule has 0 aromatic carbocycles. The van der Waals surface area contributed by atoms with Crippen molar-refractivity contribution >= 4 is 11.5 Å². The van der Waals surface area contributed by atoms with E-state index in [4.69, 9.17) is 5.73 Å². The zero-order valence-electron chi connectivity index (χ0n) is 9.82. The molecule has 1 saturated heterocycles. The number of anilines is 2. The van der Waals surface area contributed by atoms with Gasteiger partial charge in [0.25, 0.3) is 0 Å². The molecule has 4 heteroatoms. The third kappa shape index (κ3) is 2.64. The predicted octanol–water partition coefficient (Wildman–Crippen LogP) is 1.56. The van der Waals surface area contributed by atoms with Crippen LogP contribution in [0.25, 0.3) is 0 Å². The summed E-state index contributed by atoms with van der Waals surface area (Å²) in [6, 6.07) is 4.51. The van der Waals surface area contributed by atoms with Gasteiger partial charge in [0.2, 0.25) is 0 Å². The van der Waals surface area contributed by atoms with Gasteiger partial charge in [0.05, 0.1) is 0 Å². The summed E-state index contributed by atoms with van der Waals surface area (Å²) >= 11 is 0. The van der Waals surface area contributed by atoms with Crippen molar-refractivity contribution in [2.75, 3.05) is 30.7 Å². The smallest absolute Gasteiger partial charge is 0.125 e. The summed E-state index contributed by atoms with van der Waals surface area (Å²) in [6.07, 6.45) is 4.35. The van der Waals surface area contributed by atoms with E-state index in [1.165, 1.54) is 19.4 Å². The minimum atomic E-state index is 0.573. The Morgan fingerprint density at radius 3 is 3.25 bits per heavy atom. The van der Waals surface area contributed by atoms with Crippen LogP contribution in [0, 0.1) is 0 Å². The Bertz CT molecular complexity index is 340. The summed E-state index contributed by atoms with van der Waals surface area (Å²) in [5.41, 5.74) is 6.70. The van der Waals surface area contributed by atoms with E-state index < -0.39 is 0 Å². The molecule has 88 valence electrons. The van der Waals surface area contributed by atoms with Crippen molar-refractivity contribution in [3.05, 3.63) is 18.3 Å². The van der Waals surface area contributed by atoms with Crippen LogP contribution in [-0.4, -0.2) is 35.6 Å². The molecule has 4 nitrogen and oxygen atoms in total. The van der Waals surface area contributed by atoms with Crippen LogP contribution in [0.1, 0.15) is 19.8 Å². The molecule has 1 aromatic heterocycles. The molecule has 1 fully saturated rings. The highest BCUT2D eigenvalue weighted by molar-refractivity contribution is 5.49. The van der Waals surface area contributed by atoms with E-state index in [0.717, 1.165) is 18.8 Å². The number of nitrogen functional groups attached to an aromatic ring is 1. The van der Waals surface area contributed by atoms with Gasteiger partial charge >= 0.3 is 0 Å². The van der Waals surface area contributed by atoms with Crippen LogP contribution in [-0.2, 0) is 0 Å². The van der Waals surface area contributed by atoms with Crippen LogP contribution in [0.5, 0.6) is 0 Å². The van der Waals surface area contributed by atoms with Crippen LogP contribution in [0.4, 0.5) is 11.5 Å². The Kier molecular flexibility index (Phi) is 3.62. The van der Waals surface area contributed by atoms with Crippen molar-refractivity contribution in [1.82, 2.24) is 9.88 Å². The number of nitrogens with zero attached hydrogens (tertiary/aromatic N) is 2. The van der Waals surface area contributed by atoms with Crippen molar-refractivity contribution in [3.8, 4) is 0 Å². The third-order valence-electron chi connectivity index (χ3n) is 3.23. The van der Waals surface area contributed by atoms with Crippen molar-refractivity contribution in [1.29, 1.82) is 0 Å². The molecule has 16 heavy (non-hydrogen) atoms. The monoisotopic (exact) mass is 220 g/mol. The fourth-order valence-electron chi connectivity index (χ4n) is 2.34. The Morgan fingerprint density at radius 1 is 1.62 bits per heavy atom. The van der Waals surface area contributed by atoms with E-state index in [1.54, 1.807) is 6.20 Å². The number of likely N-dealkylation sites (N-methyl/N-ethyl adjacent to an activating group) is 1. The zero-order valence-corrected chi connectivity index (χ0v) is 9.82. The topological polar surface area (TPSA) is 54.2 Å². The molecule has 1 aromatic rings. The number of likely N-dealkylation sites (tertiary alicyclic amines) is 1. The molecule has 1 unspecified atom stereocenters. The molecular weight excluding hydrogens is 200 g/mol. The van der Waals surface area contributed by atoms with Gasteiger partial charge in [-0.25, -0.2) is 4.98 Å². The zero-order chi connectivity index (χ0) is 11.4. The third-order valence-corrected chi connectivity index (χ3v) is 3.23. The Morgan fingerprint density at radius 2 is 2.50 bits per heavy atom. The van der Waals surface area contributed by atoms with Crippen molar-refractivity contribution in [2.45, 2.75) is 25.8 Å². The standard InChI is InChI=1S/C12H20N4/c1-2-16-7-3-4-11(16)9-15-10-5-6-14-12(13)8-10/h5-6,8,11H,2-4,7,9H2,1H3,(H3,13,14,15). The maximum atomic E-state index is 5.63. The van der Waals surface area contributed by atoms with Gasteiger partial charge in [-0.05, 0) is 32.0 Å². The van der Waals surface area contributed by atoms with Crippen LogP contribution < -0.4 is 11.1 Å². The second-order valence-corrected chi connectivity index (χ2v) is 4.27. The molecule has 3 N–H and O–H groups in total. The summed E-state index contributed by atoms with van der Waals surface area (Å²) in [6.45, 7) is 5.60. The fraction of sp³-hybridized carbons (Fsp3) is 0.583. The molecule has 0 amide bonds. The van der Waals surface area contributed by atoms with Crippen LogP contribution in [0.15, 0.2) is 18.3 Å². The minimum Gasteiger partial charge on any atom is -0.384 e. The highest BCUT2D eigenvalue weighted by atomic mass is 15.2. The first-order chi connectivity index (χ1) is 7.79. The second-order valence-electron chi connectivity index (χ2n) is 4.27. The molecule has 0 saturated carbocycles. The van der Waals surface area contributed by atoms with E-state index in [2.05, 4.69) is 22.1 Å². The van der Waals surface area contributed by atoms with Gasteiger partial charge in [-0.1, -0.05) is 6.92 Å². The number of aromatic nitrogens is 1. The van der Waals surface area contributed by atoms with E-state index >= 15 is 0 Å².